The van der Waals surface area contributed by atoms with E-state index in [4.69, 9.17) is 6.58 Å². The largest absolute Gasteiger partial charge is 0.309 e. The van der Waals surface area contributed by atoms with Crippen LogP contribution < -0.4 is 0 Å². The van der Waals surface area contributed by atoms with Crippen LogP contribution in [0.15, 0.2) is 255 Å². The number of rotatable bonds is 6. The summed E-state index contributed by atoms with van der Waals surface area (Å²) in [5, 5.41) is 4.89. The monoisotopic (exact) mass is 816 g/mol. The van der Waals surface area contributed by atoms with Gasteiger partial charge in [-0.15, -0.1) is 0 Å². The van der Waals surface area contributed by atoms with Crippen molar-refractivity contribution >= 4 is 43.6 Å². The van der Waals surface area contributed by atoms with E-state index in [0.717, 1.165) is 34.4 Å². The van der Waals surface area contributed by atoms with E-state index in [2.05, 4.69) is 252 Å². The molecule has 1 aliphatic carbocycles. The highest BCUT2D eigenvalue weighted by molar-refractivity contribution is 6.17. The highest BCUT2D eigenvalue weighted by Gasteiger charge is 2.40. The van der Waals surface area contributed by atoms with Crippen LogP contribution in [0.4, 0.5) is 0 Å². The van der Waals surface area contributed by atoms with E-state index in [9.17, 15) is 0 Å². The van der Waals surface area contributed by atoms with Crippen LogP contribution in [-0.2, 0) is 11.8 Å². The van der Waals surface area contributed by atoms with Gasteiger partial charge in [-0.2, -0.15) is 0 Å². The van der Waals surface area contributed by atoms with Gasteiger partial charge in [0.2, 0.25) is 0 Å². The van der Waals surface area contributed by atoms with Gasteiger partial charge in [0.25, 0.3) is 0 Å². The average Bonchev–Trinajstić information content (AvgIpc) is 3.89. The summed E-state index contributed by atoms with van der Waals surface area (Å²) in [6.45, 7) is 4.90. The first kappa shape index (κ1) is 37.6. The molecule has 1 aliphatic rings. The Morgan fingerprint density at radius 1 is 0.406 bits per heavy atom. The number of fused-ring (bicyclic) bond motifs is 7. The van der Waals surface area contributed by atoms with Gasteiger partial charge in [-0.25, -0.2) is 0 Å². The fourth-order valence-corrected chi connectivity index (χ4v) is 10.6. The minimum Gasteiger partial charge on any atom is -0.309 e. The van der Waals surface area contributed by atoms with Crippen molar-refractivity contribution in [2.45, 2.75) is 11.8 Å². The van der Waals surface area contributed by atoms with Gasteiger partial charge < -0.3 is 9.13 Å². The summed E-state index contributed by atoms with van der Waals surface area (Å²) in [6, 6.07) is 80.1. The fourth-order valence-electron chi connectivity index (χ4n) is 10.6. The van der Waals surface area contributed by atoms with Gasteiger partial charge in [-0.3, -0.25) is 0 Å². The number of nitrogens with zero attached hydrogens (tertiary/aromatic N) is 2. The molecule has 0 amide bonds. The van der Waals surface area contributed by atoms with E-state index in [1.54, 1.807) is 0 Å². The van der Waals surface area contributed by atoms with Crippen molar-refractivity contribution in [1.29, 1.82) is 0 Å². The molecule has 0 saturated carbocycles. The molecule has 302 valence electrons. The number of benzene rings is 9. The molecule has 0 spiro atoms. The Kier molecular flexibility index (Phi) is 8.98. The molecular formula is C62H44N2. The summed E-state index contributed by atoms with van der Waals surface area (Å²) in [7, 11) is 0. The quantitative estimate of drug-likeness (QED) is 0.158. The van der Waals surface area contributed by atoms with E-state index in [0.29, 0.717) is 0 Å². The minimum atomic E-state index is -0.654. The minimum absolute atomic E-state index is 0.654. The summed E-state index contributed by atoms with van der Waals surface area (Å²) in [5.41, 5.74) is 17.1. The predicted molar refractivity (Wildman–Crippen MR) is 270 cm³/mol. The molecule has 0 saturated heterocycles. The first-order valence-electron chi connectivity index (χ1n) is 22.2. The standard InChI is InChI=1S/C62H44N2/c1-43-20-6-2-9-23-45-24-14-16-33-56(45)62(43,48-26-10-4-11-27-48)49-37-39-59-55(42-49)54-41-47(36-38-58(54)64(59)51-30-18-25-46(40-51)44-21-7-3-8-22-44)52-32-19-35-60-61(52)53-31-15-17-34-57(53)63(60)50-28-12-5-13-29-50/h2-22,24-42H,1,23H2/b9-2-,20-6-. The molecule has 0 radical (unpaired) electrons. The van der Waals surface area contributed by atoms with Gasteiger partial charge in [0.05, 0.1) is 27.5 Å². The number of hydrogen-bond acceptors (Lipinski definition) is 0. The van der Waals surface area contributed by atoms with Crippen molar-refractivity contribution in [2.24, 2.45) is 0 Å². The van der Waals surface area contributed by atoms with Crippen LogP contribution in [0.1, 0.15) is 22.3 Å². The van der Waals surface area contributed by atoms with E-state index < -0.39 is 5.41 Å². The van der Waals surface area contributed by atoms with Crippen molar-refractivity contribution in [3.05, 3.63) is 277 Å². The Labute approximate surface area is 373 Å². The van der Waals surface area contributed by atoms with Crippen molar-refractivity contribution in [3.63, 3.8) is 0 Å². The van der Waals surface area contributed by atoms with Crippen LogP contribution in [0.5, 0.6) is 0 Å². The Morgan fingerprint density at radius 2 is 1.03 bits per heavy atom. The zero-order valence-corrected chi connectivity index (χ0v) is 35.4. The number of aromatic nitrogens is 2. The van der Waals surface area contributed by atoms with Crippen LogP contribution in [0.3, 0.4) is 0 Å². The summed E-state index contributed by atoms with van der Waals surface area (Å²) >= 11 is 0. The molecule has 0 N–H and O–H groups in total. The van der Waals surface area contributed by atoms with Crippen LogP contribution in [0, 0.1) is 0 Å². The predicted octanol–water partition coefficient (Wildman–Crippen LogP) is 15.8. The molecule has 2 nitrogen and oxygen atoms in total. The van der Waals surface area contributed by atoms with E-state index in [1.807, 2.05) is 0 Å². The lowest BCUT2D eigenvalue weighted by atomic mass is 9.63. The number of allylic oxidation sites excluding steroid dienone is 5. The Morgan fingerprint density at radius 3 is 1.88 bits per heavy atom. The lowest BCUT2D eigenvalue weighted by Crippen LogP contribution is -2.32. The van der Waals surface area contributed by atoms with E-state index in [1.165, 1.54) is 77.1 Å². The van der Waals surface area contributed by atoms with Crippen LogP contribution in [0.2, 0.25) is 0 Å². The van der Waals surface area contributed by atoms with Gasteiger partial charge in [-0.05, 0) is 117 Å². The topological polar surface area (TPSA) is 9.86 Å². The van der Waals surface area contributed by atoms with Crippen molar-refractivity contribution < 1.29 is 0 Å². The summed E-state index contributed by atoms with van der Waals surface area (Å²) in [4.78, 5) is 0. The maximum Gasteiger partial charge on any atom is 0.0698 e. The fraction of sp³-hybridized carbons (Fsp3) is 0.0323. The average molecular weight is 817 g/mol. The van der Waals surface area contributed by atoms with Crippen LogP contribution >= 0.6 is 0 Å². The SMILES string of the molecule is C=C1/C=C\C=C/Cc2ccccc2C1(c1ccccc1)c1ccc2c(c1)c1cc(-c3cccc4c3c3ccccc3n4-c3ccccc3)ccc1n2-c1cccc(-c2ccccc2)c1. The molecule has 64 heavy (non-hydrogen) atoms. The molecule has 1 unspecified atom stereocenters. The first-order valence-corrected chi connectivity index (χ1v) is 22.2. The molecule has 11 aromatic rings. The lowest BCUT2D eigenvalue weighted by Gasteiger charge is -2.38. The third-order valence-corrected chi connectivity index (χ3v) is 13.4. The maximum atomic E-state index is 4.90. The van der Waals surface area contributed by atoms with E-state index >= 15 is 0 Å². The Bertz CT molecular complexity index is 3640. The Balaban J connectivity index is 1.16. The Hall–Kier alpha value is -8.20. The molecule has 0 aliphatic heterocycles. The molecule has 0 bridgehead atoms. The summed E-state index contributed by atoms with van der Waals surface area (Å²) in [6.07, 6.45) is 9.60. The normalized spacial score (nSPS) is 16.1. The zero-order valence-electron chi connectivity index (χ0n) is 35.4. The molecular weight excluding hydrogens is 773 g/mol. The van der Waals surface area contributed by atoms with Gasteiger partial charge >= 0.3 is 0 Å². The molecule has 0 fully saturated rings. The molecule has 2 heterocycles. The van der Waals surface area contributed by atoms with Crippen LogP contribution in [0.25, 0.3) is 77.2 Å². The zero-order chi connectivity index (χ0) is 42.6. The highest BCUT2D eigenvalue weighted by atomic mass is 15.0. The van der Waals surface area contributed by atoms with Gasteiger partial charge in [0.15, 0.2) is 0 Å². The molecule has 2 heteroatoms. The van der Waals surface area contributed by atoms with Crippen molar-refractivity contribution in [1.82, 2.24) is 9.13 Å². The van der Waals surface area contributed by atoms with Crippen molar-refractivity contribution in [2.75, 3.05) is 0 Å². The van der Waals surface area contributed by atoms with Gasteiger partial charge in [0, 0.05) is 32.9 Å². The third kappa shape index (κ3) is 5.87. The lowest BCUT2D eigenvalue weighted by molar-refractivity contribution is 0.738. The molecule has 12 rings (SSSR count). The summed E-state index contributed by atoms with van der Waals surface area (Å²) < 4.78 is 4.86. The maximum absolute atomic E-state index is 4.90. The second-order valence-electron chi connectivity index (χ2n) is 16.9. The second kappa shape index (κ2) is 15.3. The molecule has 2 aromatic heterocycles. The van der Waals surface area contributed by atoms with Gasteiger partial charge in [-0.1, -0.05) is 189 Å². The highest BCUT2D eigenvalue weighted by Crippen LogP contribution is 2.49. The van der Waals surface area contributed by atoms with E-state index in [-0.39, 0.29) is 0 Å². The number of para-hydroxylation sites is 2. The van der Waals surface area contributed by atoms with Crippen LogP contribution in [-0.4, -0.2) is 9.13 Å². The smallest absolute Gasteiger partial charge is 0.0698 e. The molecule has 1 atom stereocenters. The summed E-state index contributed by atoms with van der Waals surface area (Å²) in [5.74, 6) is 0. The second-order valence-corrected chi connectivity index (χ2v) is 16.9. The number of hydrogen-bond donors (Lipinski definition) is 0. The molecule has 9 aromatic carbocycles. The first-order chi connectivity index (χ1) is 31.7. The third-order valence-electron chi connectivity index (χ3n) is 13.4. The van der Waals surface area contributed by atoms with Gasteiger partial charge in [0.1, 0.15) is 0 Å². The van der Waals surface area contributed by atoms with Crippen molar-refractivity contribution in [3.8, 4) is 33.6 Å².